The Morgan fingerprint density at radius 2 is 2.00 bits per heavy atom. The molecule has 0 spiro atoms. The van der Waals surface area contributed by atoms with Crippen molar-refractivity contribution in [3.8, 4) is 0 Å². The molecular weight excluding hydrogens is 315 g/mol. The maximum Gasteiger partial charge on any atom is 0.329 e. The lowest BCUT2D eigenvalue weighted by atomic mass is 9.92. The van der Waals surface area contributed by atoms with E-state index in [1.54, 1.807) is 18.2 Å². The molecule has 0 radical (unpaired) electrons. The highest BCUT2D eigenvalue weighted by molar-refractivity contribution is 6.35. The molecule has 1 atom stereocenters. The number of aryl methyl sites for hydroxylation is 1. The molecule has 2 rings (SSSR count). The van der Waals surface area contributed by atoms with Crippen LogP contribution in [-0.2, 0) is 25.5 Å². The third kappa shape index (κ3) is 3.71. The normalized spacial score (nSPS) is 18.2. The quantitative estimate of drug-likeness (QED) is 0.630. The number of ether oxygens (including phenoxy) is 1. The molecule has 4 nitrogen and oxygen atoms in total. The van der Waals surface area contributed by atoms with Crippen molar-refractivity contribution in [3.63, 3.8) is 0 Å². The number of hydrogen-bond acceptors (Lipinski definition) is 4. The van der Waals surface area contributed by atoms with Crippen LogP contribution in [0.2, 0.25) is 10.0 Å². The molecule has 1 aromatic carbocycles. The van der Waals surface area contributed by atoms with Crippen LogP contribution >= 0.6 is 23.2 Å². The average molecular weight is 327 g/mol. The Kier molecular flexibility index (Phi) is 4.80. The second kappa shape index (κ2) is 6.41. The Morgan fingerprint density at radius 3 is 2.62 bits per heavy atom. The maximum absolute atomic E-state index is 12.1. The Labute approximate surface area is 131 Å². The zero-order valence-corrected chi connectivity index (χ0v) is 12.7. The molecular formula is C15H12Cl2O4. The van der Waals surface area contributed by atoms with Gasteiger partial charge in [0.05, 0.1) is 0 Å². The highest BCUT2D eigenvalue weighted by atomic mass is 35.5. The van der Waals surface area contributed by atoms with Crippen LogP contribution in [0.4, 0.5) is 0 Å². The third-order valence-corrected chi connectivity index (χ3v) is 3.69. The fourth-order valence-electron chi connectivity index (χ4n) is 2.06. The van der Waals surface area contributed by atoms with Crippen LogP contribution in [0.3, 0.4) is 0 Å². The van der Waals surface area contributed by atoms with Crippen LogP contribution in [0.1, 0.15) is 18.9 Å². The van der Waals surface area contributed by atoms with Crippen LogP contribution in [0.5, 0.6) is 0 Å². The van der Waals surface area contributed by atoms with Crippen molar-refractivity contribution >= 4 is 40.7 Å². The summed E-state index contributed by atoms with van der Waals surface area (Å²) in [6.45, 7) is 1.49. The van der Waals surface area contributed by atoms with E-state index < -0.39 is 23.5 Å². The van der Waals surface area contributed by atoms with Gasteiger partial charge in [-0.2, -0.15) is 0 Å². The topological polar surface area (TPSA) is 60.4 Å². The van der Waals surface area contributed by atoms with E-state index in [1.165, 1.54) is 13.0 Å². The summed E-state index contributed by atoms with van der Waals surface area (Å²) < 4.78 is 4.82. The number of esters is 1. The molecule has 110 valence electrons. The van der Waals surface area contributed by atoms with Gasteiger partial charge in [0.1, 0.15) is 5.76 Å². The molecule has 0 aliphatic carbocycles. The van der Waals surface area contributed by atoms with Crippen LogP contribution in [0, 0.1) is 5.92 Å². The summed E-state index contributed by atoms with van der Waals surface area (Å²) in [5.74, 6) is -2.97. The lowest BCUT2D eigenvalue weighted by molar-refractivity contribution is -0.152. The fourth-order valence-corrected chi connectivity index (χ4v) is 2.57. The van der Waals surface area contributed by atoms with Gasteiger partial charge in [0.25, 0.3) is 0 Å². The summed E-state index contributed by atoms with van der Waals surface area (Å²) in [5.41, 5.74) is 0.734. The third-order valence-electron chi connectivity index (χ3n) is 3.11. The minimum absolute atomic E-state index is 0.0275. The fraction of sp³-hybridized carbons (Fsp3) is 0.267. The number of carbonyl (C=O) groups excluding carboxylic acids is 3. The van der Waals surface area contributed by atoms with Crippen molar-refractivity contribution in [2.75, 3.05) is 0 Å². The zero-order chi connectivity index (χ0) is 15.6. The molecule has 0 saturated heterocycles. The van der Waals surface area contributed by atoms with Crippen molar-refractivity contribution in [2.45, 2.75) is 19.8 Å². The Bertz CT molecular complexity index is 649. The van der Waals surface area contributed by atoms with Gasteiger partial charge in [-0.15, -0.1) is 0 Å². The molecule has 0 saturated carbocycles. The summed E-state index contributed by atoms with van der Waals surface area (Å²) >= 11 is 11.8. The first-order chi connectivity index (χ1) is 9.88. The second-order valence-electron chi connectivity index (χ2n) is 4.71. The number of carbonyl (C=O) groups is 3. The number of rotatable bonds is 4. The number of allylic oxidation sites excluding steroid dienone is 2. The number of hydrogen-bond donors (Lipinski definition) is 0. The van der Waals surface area contributed by atoms with E-state index >= 15 is 0 Å². The summed E-state index contributed by atoms with van der Waals surface area (Å²) in [5, 5.41) is 0.949. The van der Waals surface area contributed by atoms with E-state index in [9.17, 15) is 14.4 Å². The monoisotopic (exact) mass is 326 g/mol. The van der Waals surface area contributed by atoms with Crippen molar-refractivity contribution in [1.29, 1.82) is 0 Å². The van der Waals surface area contributed by atoms with Gasteiger partial charge in [0, 0.05) is 22.5 Å². The van der Waals surface area contributed by atoms with Crippen LogP contribution in [0.15, 0.2) is 30.0 Å². The van der Waals surface area contributed by atoms with E-state index in [1.807, 2.05) is 0 Å². The van der Waals surface area contributed by atoms with E-state index in [4.69, 9.17) is 27.9 Å². The molecule has 6 heteroatoms. The molecule has 1 aromatic rings. The van der Waals surface area contributed by atoms with Crippen molar-refractivity contribution in [2.24, 2.45) is 5.92 Å². The van der Waals surface area contributed by atoms with E-state index in [0.29, 0.717) is 16.5 Å². The Balaban J connectivity index is 2.05. The lowest BCUT2D eigenvalue weighted by Gasteiger charge is -2.17. The van der Waals surface area contributed by atoms with Crippen LogP contribution in [-0.4, -0.2) is 17.5 Å². The lowest BCUT2D eigenvalue weighted by Crippen LogP contribution is -2.35. The van der Waals surface area contributed by atoms with Gasteiger partial charge in [0.2, 0.25) is 0 Å². The number of cyclic esters (lactones) is 1. The molecule has 1 unspecified atom stereocenters. The molecule has 1 heterocycles. The molecule has 0 N–H and O–H groups in total. The largest absolute Gasteiger partial charge is 0.430 e. The molecule has 1 aliphatic rings. The average Bonchev–Trinajstić information content (AvgIpc) is 2.36. The van der Waals surface area contributed by atoms with Gasteiger partial charge in [-0.3, -0.25) is 14.4 Å². The number of Topliss-reactive ketones (excluding diaryl/α,β-unsaturated/α-hetero) is 1. The summed E-state index contributed by atoms with van der Waals surface area (Å²) in [6, 6.07) is 4.96. The van der Waals surface area contributed by atoms with E-state index in [-0.39, 0.29) is 12.2 Å². The SMILES string of the molecule is CC1=CC(=O)C(C(=O)CCc2ccc(Cl)cc2Cl)C(=O)O1. The number of ketones is 2. The molecule has 21 heavy (non-hydrogen) atoms. The second-order valence-corrected chi connectivity index (χ2v) is 5.56. The minimum Gasteiger partial charge on any atom is -0.430 e. The minimum atomic E-state index is -1.36. The van der Waals surface area contributed by atoms with Gasteiger partial charge < -0.3 is 4.74 Å². The first kappa shape index (κ1) is 15.7. The molecule has 1 aliphatic heterocycles. The highest BCUT2D eigenvalue weighted by Gasteiger charge is 2.36. The van der Waals surface area contributed by atoms with Gasteiger partial charge in [-0.25, -0.2) is 0 Å². The maximum atomic E-state index is 12.1. The summed E-state index contributed by atoms with van der Waals surface area (Å²) in [4.78, 5) is 35.4. The number of halogens is 2. The molecule has 0 fully saturated rings. The highest BCUT2D eigenvalue weighted by Crippen LogP contribution is 2.23. The molecule has 0 aromatic heterocycles. The van der Waals surface area contributed by atoms with Crippen molar-refractivity contribution in [1.82, 2.24) is 0 Å². The van der Waals surface area contributed by atoms with Crippen LogP contribution in [0.25, 0.3) is 0 Å². The predicted octanol–water partition coefficient (Wildman–Crippen LogP) is 3.14. The van der Waals surface area contributed by atoms with E-state index in [2.05, 4.69) is 0 Å². The number of benzene rings is 1. The standard InChI is InChI=1S/C15H12Cl2O4/c1-8-6-13(19)14(15(20)21-8)12(18)5-3-9-2-4-10(16)7-11(9)17/h2,4,6-7,14H,3,5H2,1H3. The van der Waals surface area contributed by atoms with Gasteiger partial charge in [0.15, 0.2) is 17.5 Å². The summed E-state index contributed by atoms with van der Waals surface area (Å²) in [6.07, 6.45) is 1.52. The first-order valence-corrected chi connectivity index (χ1v) is 7.04. The van der Waals surface area contributed by atoms with Gasteiger partial charge in [-0.1, -0.05) is 29.3 Å². The zero-order valence-electron chi connectivity index (χ0n) is 11.2. The van der Waals surface area contributed by atoms with Gasteiger partial charge in [-0.05, 0) is 31.0 Å². The summed E-state index contributed by atoms with van der Waals surface area (Å²) in [7, 11) is 0. The van der Waals surface area contributed by atoms with Gasteiger partial charge >= 0.3 is 5.97 Å². The molecule has 0 amide bonds. The Hall–Kier alpha value is -1.65. The predicted molar refractivity (Wildman–Crippen MR) is 78.1 cm³/mol. The van der Waals surface area contributed by atoms with Crippen molar-refractivity contribution in [3.05, 3.63) is 45.6 Å². The smallest absolute Gasteiger partial charge is 0.329 e. The molecule has 0 bridgehead atoms. The Morgan fingerprint density at radius 1 is 1.29 bits per heavy atom. The van der Waals surface area contributed by atoms with Crippen molar-refractivity contribution < 1.29 is 19.1 Å². The van der Waals surface area contributed by atoms with E-state index in [0.717, 1.165) is 5.56 Å². The first-order valence-electron chi connectivity index (χ1n) is 6.29. The van der Waals surface area contributed by atoms with Crippen LogP contribution < -0.4 is 0 Å².